The van der Waals surface area contributed by atoms with Gasteiger partial charge in [0.15, 0.2) is 5.82 Å². The van der Waals surface area contributed by atoms with Crippen LogP contribution in [-0.2, 0) is 10.9 Å². The summed E-state index contributed by atoms with van der Waals surface area (Å²) in [6, 6.07) is 2.01. The van der Waals surface area contributed by atoms with Gasteiger partial charge in [0.1, 0.15) is 11.6 Å². The minimum Gasteiger partial charge on any atom is -0.376 e. The molecule has 1 aliphatic carbocycles. The fourth-order valence-electron chi connectivity index (χ4n) is 3.61. The summed E-state index contributed by atoms with van der Waals surface area (Å²) in [6.45, 7) is 1.67. The standard InChI is InChI=1S/C21H19F3N8O2/c1-11-14(8-25)17(18(34-2)12-3-4-12)16(10-26-11)31-20(33)30-13-7-15(21(22,23)24)19(27-9-13)32-28-5-6-29-32/h5-7,9-10,12,18H,3-4H2,1-2H3,(H2,30,31,33)/t18-/m1/s1. The Morgan fingerprint density at radius 2 is 1.94 bits per heavy atom. The van der Waals surface area contributed by atoms with Crippen molar-refractivity contribution in [3.63, 3.8) is 0 Å². The van der Waals surface area contributed by atoms with E-state index in [0.717, 1.165) is 29.9 Å². The first-order valence-corrected chi connectivity index (χ1v) is 10.2. The van der Waals surface area contributed by atoms with Crippen molar-refractivity contribution in [1.29, 1.82) is 5.26 Å². The molecule has 0 saturated heterocycles. The van der Waals surface area contributed by atoms with Crippen molar-refractivity contribution < 1.29 is 22.7 Å². The number of nitriles is 1. The first-order valence-electron chi connectivity index (χ1n) is 10.2. The molecule has 0 aliphatic heterocycles. The van der Waals surface area contributed by atoms with Crippen LogP contribution in [0.25, 0.3) is 5.82 Å². The summed E-state index contributed by atoms with van der Waals surface area (Å²) in [5, 5.41) is 21.9. The number of methoxy groups -OCH3 is 1. The second-order valence-corrected chi connectivity index (χ2v) is 7.64. The molecule has 176 valence electrons. The lowest BCUT2D eigenvalue weighted by atomic mass is 9.97. The van der Waals surface area contributed by atoms with Crippen molar-refractivity contribution >= 4 is 17.4 Å². The van der Waals surface area contributed by atoms with Gasteiger partial charge >= 0.3 is 12.2 Å². The van der Waals surface area contributed by atoms with Crippen LogP contribution in [0.1, 0.15) is 41.3 Å². The third-order valence-corrected chi connectivity index (χ3v) is 5.30. The number of ether oxygens (including phenoxy) is 1. The number of hydrogen-bond acceptors (Lipinski definition) is 7. The van der Waals surface area contributed by atoms with Gasteiger partial charge in [-0.05, 0) is 31.7 Å². The van der Waals surface area contributed by atoms with E-state index < -0.39 is 29.7 Å². The van der Waals surface area contributed by atoms with Gasteiger partial charge in [0.25, 0.3) is 0 Å². The second kappa shape index (κ2) is 9.06. The number of carbonyl (C=O) groups excluding carboxylic acids is 1. The van der Waals surface area contributed by atoms with Gasteiger partial charge in [-0.2, -0.15) is 28.6 Å². The van der Waals surface area contributed by atoms with Crippen molar-refractivity contribution in [3.8, 4) is 11.9 Å². The van der Waals surface area contributed by atoms with Crippen LogP contribution in [0.5, 0.6) is 0 Å². The predicted molar refractivity (Wildman–Crippen MR) is 113 cm³/mol. The highest BCUT2D eigenvalue weighted by molar-refractivity contribution is 6.00. The maximum atomic E-state index is 13.6. The fraction of sp³-hybridized carbons (Fsp3) is 0.333. The molecule has 10 nitrogen and oxygen atoms in total. The number of halogens is 3. The summed E-state index contributed by atoms with van der Waals surface area (Å²) in [4.78, 5) is 21.3. The van der Waals surface area contributed by atoms with E-state index in [9.17, 15) is 23.2 Å². The van der Waals surface area contributed by atoms with Gasteiger partial charge in [-0.1, -0.05) is 0 Å². The Bertz CT molecular complexity index is 1250. The van der Waals surface area contributed by atoms with Gasteiger partial charge in [0, 0.05) is 12.7 Å². The largest absolute Gasteiger partial charge is 0.420 e. The Hall–Kier alpha value is -4.05. The summed E-state index contributed by atoms with van der Waals surface area (Å²) >= 11 is 0. The minimum absolute atomic E-state index is 0.199. The molecule has 13 heteroatoms. The summed E-state index contributed by atoms with van der Waals surface area (Å²) in [7, 11) is 1.52. The van der Waals surface area contributed by atoms with Crippen LogP contribution >= 0.6 is 0 Å². The normalized spacial score (nSPS) is 14.4. The SMILES string of the molecule is CO[C@@H](c1c(NC(=O)Nc2cnc(-n3nccn3)c(C(F)(F)F)c2)cnc(C)c1C#N)C1CC1. The molecule has 1 atom stereocenters. The van der Waals surface area contributed by atoms with E-state index in [1.807, 2.05) is 0 Å². The van der Waals surface area contributed by atoms with Gasteiger partial charge in [0.2, 0.25) is 0 Å². The molecule has 3 heterocycles. The first-order chi connectivity index (χ1) is 16.2. The number of alkyl halides is 3. The monoisotopic (exact) mass is 472 g/mol. The highest BCUT2D eigenvalue weighted by atomic mass is 19.4. The number of amides is 2. The topological polar surface area (TPSA) is 131 Å². The zero-order valence-electron chi connectivity index (χ0n) is 18.1. The Balaban J connectivity index is 1.62. The van der Waals surface area contributed by atoms with Crippen molar-refractivity contribution in [3.05, 3.63) is 53.2 Å². The minimum atomic E-state index is -4.77. The van der Waals surface area contributed by atoms with Gasteiger partial charge in [-0.3, -0.25) is 4.98 Å². The number of pyridine rings is 2. The second-order valence-electron chi connectivity index (χ2n) is 7.64. The molecule has 3 aromatic heterocycles. The maximum Gasteiger partial charge on any atom is 0.420 e. The lowest BCUT2D eigenvalue weighted by Crippen LogP contribution is -2.23. The molecule has 2 amide bonds. The lowest BCUT2D eigenvalue weighted by molar-refractivity contribution is -0.137. The molecule has 2 N–H and O–H groups in total. The lowest BCUT2D eigenvalue weighted by Gasteiger charge is -2.21. The Kier molecular flexibility index (Phi) is 6.16. The van der Waals surface area contributed by atoms with E-state index in [2.05, 4.69) is 36.9 Å². The van der Waals surface area contributed by atoms with Crippen LogP contribution < -0.4 is 10.6 Å². The van der Waals surface area contributed by atoms with Crippen LogP contribution in [0.4, 0.5) is 29.3 Å². The molecule has 0 bridgehead atoms. The molecular formula is C21H19F3N8O2. The van der Waals surface area contributed by atoms with E-state index in [1.54, 1.807) is 6.92 Å². The van der Waals surface area contributed by atoms with Crippen molar-refractivity contribution in [2.24, 2.45) is 5.92 Å². The fourth-order valence-corrected chi connectivity index (χ4v) is 3.61. The molecule has 0 radical (unpaired) electrons. The molecule has 0 aromatic carbocycles. The molecule has 0 unspecified atom stereocenters. The molecule has 1 saturated carbocycles. The number of anilines is 2. The van der Waals surface area contributed by atoms with E-state index >= 15 is 0 Å². The zero-order valence-corrected chi connectivity index (χ0v) is 18.1. The highest BCUT2D eigenvalue weighted by Crippen LogP contribution is 2.46. The molecule has 3 aromatic rings. The quantitative estimate of drug-likeness (QED) is 0.554. The van der Waals surface area contributed by atoms with Crippen molar-refractivity contribution in [1.82, 2.24) is 25.0 Å². The Labute approximate surface area is 191 Å². The third kappa shape index (κ3) is 4.67. The van der Waals surface area contributed by atoms with Crippen LogP contribution in [-0.4, -0.2) is 38.1 Å². The summed E-state index contributed by atoms with van der Waals surface area (Å²) in [6.07, 6.45) is 1.54. The van der Waals surface area contributed by atoms with Gasteiger partial charge in [0.05, 0.1) is 53.5 Å². The van der Waals surface area contributed by atoms with E-state index in [1.165, 1.54) is 25.7 Å². The van der Waals surface area contributed by atoms with Gasteiger partial charge in [-0.25, -0.2) is 9.78 Å². The first kappa shape index (κ1) is 23.1. The number of aromatic nitrogens is 5. The summed E-state index contributed by atoms with van der Waals surface area (Å²) in [5.41, 5.74) is 0.165. The molecule has 34 heavy (non-hydrogen) atoms. The molecular weight excluding hydrogens is 453 g/mol. The van der Waals surface area contributed by atoms with E-state index in [-0.39, 0.29) is 22.9 Å². The van der Waals surface area contributed by atoms with Crippen LogP contribution in [0.2, 0.25) is 0 Å². The van der Waals surface area contributed by atoms with Crippen molar-refractivity contribution in [2.45, 2.75) is 32.0 Å². The number of aryl methyl sites for hydroxylation is 1. The van der Waals surface area contributed by atoms with E-state index in [4.69, 9.17) is 4.74 Å². The number of rotatable bonds is 6. The molecule has 1 fully saturated rings. The number of hydrogen-bond donors (Lipinski definition) is 2. The van der Waals surface area contributed by atoms with Crippen LogP contribution in [0, 0.1) is 24.2 Å². The molecule has 1 aliphatic rings. The number of nitrogens with one attached hydrogen (secondary N) is 2. The summed E-state index contributed by atoms with van der Waals surface area (Å²) in [5.74, 6) is -0.330. The molecule has 4 rings (SSSR count). The highest BCUT2D eigenvalue weighted by Gasteiger charge is 2.37. The zero-order chi connectivity index (χ0) is 24.5. The van der Waals surface area contributed by atoms with Gasteiger partial charge < -0.3 is 15.4 Å². The number of carbonyl (C=O) groups is 1. The predicted octanol–water partition coefficient (Wildman–Crippen LogP) is 4.00. The van der Waals surface area contributed by atoms with Gasteiger partial charge in [-0.15, -0.1) is 4.80 Å². The number of urea groups is 1. The van der Waals surface area contributed by atoms with E-state index in [0.29, 0.717) is 11.3 Å². The number of nitrogens with zero attached hydrogens (tertiary/aromatic N) is 6. The third-order valence-electron chi connectivity index (χ3n) is 5.30. The average Bonchev–Trinajstić information content (AvgIpc) is 3.47. The summed E-state index contributed by atoms with van der Waals surface area (Å²) < 4.78 is 46.4. The van der Waals surface area contributed by atoms with Crippen molar-refractivity contribution in [2.75, 3.05) is 17.7 Å². The van der Waals surface area contributed by atoms with Crippen LogP contribution in [0.3, 0.4) is 0 Å². The Morgan fingerprint density at radius 1 is 1.24 bits per heavy atom. The smallest absolute Gasteiger partial charge is 0.376 e. The van der Waals surface area contributed by atoms with Crippen LogP contribution in [0.15, 0.2) is 30.9 Å². The molecule has 0 spiro atoms. The average molecular weight is 472 g/mol. The maximum absolute atomic E-state index is 13.6. The Morgan fingerprint density at radius 3 is 2.53 bits per heavy atom.